The highest BCUT2D eigenvalue weighted by Crippen LogP contribution is 2.39. The van der Waals surface area contributed by atoms with Crippen molar-refractivity contribution in [3.63, 3.8) is 0 Å². The van der Waals surface area contributed by atoms with Crippen molar-refractivity contribution in [2.24, 2.45) is 0 Å². The summed E-state index contributed by atoms with van der Waals surface area (Å²) < 4.78 is 6.93. The van der Waals surface area contributed by atoms with Crippen LogP contribution in [0.5, 0.6) is 11.5 Å². The maximum absolute atomic E-state index is 12.5. The van der Waals surface area contributed by atoms with E-state index in [9.17, 15) is 4.79 Å². The number of carbonyl (C=O) groups is 1. The Hall–Kier alpha value is -3.68. The number of carbonyl (C=O) groups excluding carboxylic acids is 1. The van der Waals surface area contributed by atoms with Gasteiger partial charge in [-0.3, -0.25) is 9.69 Å². The first kappa shape index (κ1) is 24.0. The number of aromatic nitrogens is 1. The third-order valence-corrected chi connectivity index (χ3v) is 7.66. The monoisotopic (exact) mass is 498 g/mol. The number of para-hydroxylation sites is 1. The molecule has 0 spiro atoms. The largest absolute Gasteiger partial charge is 0.457 e. The maximum Gasteiger partial charge on any atom is 0.244 e. The average molecular weight is 499 g/mol. The van der Waals surface area contributed by atoms with Gasteiger partial charge in [0.1, 0.15) is 17.3 Å². The van der Waals surface area contributed by atoms with Crippen LogP contribution in [-0.4, -0.2) is 41.5 Å². The van der Waals surface area contributed by atoms with Gasteiger partial charge in [-0.05, 0) is 67.2 Å². The number of amides is 1. The Morgan fingerprint density at radius 2 is 1.97 bits per heavy atom. The van der Waals surface area contributed by atoms with E-state index in [1.807, 2.05) is 60.7 Å². The van der Waals surface area contributed by atoms with Gasteiger partial charge in [0.2, 0.25) is 5.91 Å². The molecule has 0 aliphatic carbocycles. The molecule has 7 heteroatoms. The van der Waals surface area contributed by atoms with Gasteiger partial charge in [-0.1, -0.05) is 37.3 Å². The van der Waals surface area contributed by atoms with Gasteiger partial charge in [0.15, 0.2) is 0 Å². The highest BCUT2D eigenvalue weighted by Gasteiger charge is 2.22. The second kappa shape index (κ2) is 10.9. The Morgan fingerprint density at radius 3 is 2.75 bits per heavy atom. The number of benzene rings is 2. The summed E-state index contributed by atoms with van der Waals surface area (Å²) in [7, 11) is 0. The number of fused-ring (bicyclic) bond motifs is 1. The van der Waals surface area contributed by atoms with Crippen LogP contribution in [0.15, 0.2) is 72.3 Å². The first-order valence-corrected chi connectivity index (χ1v) is 13.2. The lowest BCUT2D eigenvalue weighted by Gasteiger charge is -2.22. The van der Waals surface area contributed by atoms with Crippen LogP contribution >= 0.6 is 11.3 Å². The van der Waals surface area contributed by atoms with Crippen molar-refractivity contribution in [2.45, 2.75) is 25.8 Å². The van der Waals surface area contributed by atoms with Crippen LogP contribution in [0.1, 0.15) is 25.3 Å². The van der Waals surface area contributed by atoms with Gasteiger partial charge in [0.05, 0.1) is 0 Å². The molecule has 3 heterocycles. The maximum atomic E-state index is 12.5. The Balaban J connectivity index is 1.31. The summed E-state index contributed by atoms with van der Waals surface area (Å²) in [6, 6.07) is 18.1. The van der Waals surface area contributed by atoms with Crippen LogP contribution in [0.3, 0.4) is 0 Å². The number of anilines is 1. The van der Waals surface area contributed by atoms with Crippen molar-refractivity contribution in [2.75, 3.05) is 25.4 Å². The molecule has 184 valence electrons. The highest BCUT2D eigenvalue weighted by molar-refractivity contribution is 7.18. The van der Waals surface area contributed by atoms with Crippen LogP contribution in [-0.2, 0) is 4.79 Å². The average Bonchev–Trinajstić information content (AvgIpc) is 3.56. The second-order valence-corrected chi connectivity index (χ2v) is 9.77. The van der Waals surface area contributed by atoms with Gasteiger partial charge >= 0.3 is 0 Å². The van der Waals surface area contributed by atoms with Crippen LogP contribution in [0.2, 0.25) is 0 Å². The molecule has 0 saturated carbocycles. The minimum absolute atomic E-state index is 0.0892. The van der Waals surface area contributed by atoms with Gasteiger partial charge < -0.3 is 15.8 Å². The van der Waals surface area contributed by atoms with Gasteiger partial charge in [-0.25, -0.2) is 4.98 Å². The van der Waals surface area contributed by atoms with Crippen molar-refractivity contribution < 1.29 is 9.53 Å². The summed E-state index contributed by atoms with van der Waals surface area (Å²) in [4.78, 5) is 19.3. The fraction of sp³-hybridized carbons (Fsp3) is 0.241. The number of rotatable bonds is 8. The van der Waals surface area contributed by atoms with E-state index in [2.05, 4.69) is 27.5 Å². The zero-order valence-corrected chi connectivity index (χ0v) is 21.1. The van der Waals surface area contributed by atoms with E-state index in [1.165, 1.54) is 6.42 Å². The highest BCUT2D eigenvalue weighted by atomic mass is 32.1. The van der Waals surface area contributed by atoms with E-state index in [4.69, 9.17) is 10.5 Å². The lowest BCUT2D eigenvalue weighted by atomic mass is 10.0. The summed E-state index contributed by atoms with van der Waals surface area (Å²) >= 11 is 1.60. The zero-order valence-electron chi connectivity index (χ0n) is 20.3. The fourth-order valence-corrected chi connectivity index (χ4v) is 5.81. The molecule has 6 nitrogen and oxygen atoms in total. The number of likely N-dealkylation sites (tertiary alicyclic amines) is 1. The molecule has 4 aromatic rings. The molecule has 1 aliphatic rings. The fourth-order valence-electron chi connectivity index (χ4n) is 4.73. The van der Waals surface area contributed by atoms with E-state index < -0.39 is 0 Å². The number of nitrogen functional groups attached to an aromatic ring is 1. The number of ether oxygens (including phenoxy) is 1. The molecule has 1 amide bonds. The van der Waals surface area contributed by atoms with Crippen molar-refractivity contribution in [3.05, 3.63) is 77.8 Å². The Morgan fingerprint density at radius 1 is 1.19 bits per heavy atom. The molecule has 2 aromatic carbocycles. The quantitative estimate of drug-likeness (QED) is 0.293. The first-order chi connectivity index (χ1) is 17.6. The Bertz CT molecular complexity index is 1370. The lowest BCUT2D eigenvalue weighted by molar-refractivity contribution is -0.116. The van der Waals surface area contributed by atoms with Gasteiger partial charge in [0.25, 0.3) is 0 Å². The Kier molecular flexibility index (Phi) is 7.30. The van der Waals surface area contributed by atoms with E-state index in [-0.39, 0.29) is 5.91 Å². The number of hydrogen-bond donors (Lipinski definition) is 2. The third-order valence-electron chi connectivity index (χ3n) is 6.63. The van der Waals surface area contributed by atoms with E-state index in [0.29, 0.717) is 18.4 Å². The number of thiophene rings is 1. The normalized spacial score (nSPS) is 16.1. The van der Waals surface area contributed by atoms with Crippen molar-refractivity contribution in [3.8, 4) is 22.6 Å². The molecular weight excluding hydrogens is 468 g/mol. The molecule has 36 heavy (non-hydrogen) atoms. The molecule has 0 bridgehead atoms. The minimum Gasteiger partial charge on any atom is -0.457 e. The predicted octanol–water partition coefficient (Wildman–Crippen LogP) is 5.95. The SMILES string of the molecule is CCN1CCCC1CNC(=O)/C=C/c1cnc(N)c2c(-c3ccc(Oc4ccccc4)cc3)csc12. The van der Waals surface area contributed by atoms with Crippen molar-refractivity contribution >= 4 is 39.2 Å². The molecule has 1 atom stereocenters. The molecule has 2 aromatic heterocycles. The summed E-state index contributed by atoms with van der Waals surface area (Å²) in [6.45, 7) is 4.99. The number of pyridine rings is 1. The molecule has 3 N–H and O–H groups in total. The molecule has 0 radical (unpaired) electrons. The van der Waals surface area contributed by atoms with E-state index in [1.54, 1.807) is 23.6 Å². The van der Waals surface area contributed by atoms with Crippen LogP contribution in [0, 0.1) is 0 Å². The summed E-state index contributed by atoms with van der Waals surface area (Å²) in [5.74, 6) is 1.96. The predicted molar refractivity (Wildman–Crippen MR) is 148 cm³/mol. The van der Waals surface area contributed by atoms with E-state index in [0.717, 1.165) is 57.8 Å². The summed E-state index contributed by atoms with van der Waals surface area (Å²) in [6.07, 6.45) is 7.48. The van der Waals surface area contributed by atoms with Crippen molar-refractivity contribution in [1.29, 1.82) is 0 Å². The molecule has 1 saturated heterocycles. The third kappa shape index (κ3) is 5.27. The Labute approximate surface area is 215 Å². The molecule has 1 fully saturated rings. The van der Waals surface area contributed by atoms with Crippen LogP contribution < -0.4 is 15.8 Å². The topological polar surface area (TPSA) is 80.5 Å². The lowest BCUT2D eigenvalue weighted by Crippen LogP contribution is -2.39. The van der Waals surface area contributed by atoms with Crippen LogP contribution in [0.25, 0.3) is 27.3 Å². The summed E-state index contributed by atoms with van der Waals surface area (Å²) in [5.41, 5.74) is 9.24. The number of nitrogens with zero attached hydrogens (tertiary/aromatic N) is 2. The van der Waals surface area contributed by atoms with E-state index >= 15 is 0 Å². The summed E-state index contributed by atoms with van der Waals surface area (Å²) in [5, 5.41) is 6.05. The van der Waals surface area contributed by atoms with Gasteiger partial charge in [0, 0.05) is 46.1 Å². The first-order valence-electron chi connectivity index (χ1n) is 12.3. The molecule has 5 rings (SSSR count). The van der Waals surface area contributed by atoms with Crippen molar-refractivity contribution in [1.82, 2.24) is 15.2 Å². The molecule has 1 unspecified atom stereocenters. The number of hydrogen-bond acceptors (Lipinski definition) is 6. The number of nitrogens with two attached hydrogens (primary N) is 1. The standard InChI is InChI=1S/C29H30N4O2S/c1-2-33-16-6-7-22(33)18-31-26(34)15-12-21-17-32-29(30)27-25(19-36-28(21)27)20-10-13-24(14-11-20)35-23-8-4-3-5-9-23/h3-5,8-15,17,19,22H,2,6-7,16,18H2,1H3,(H2,30,32)(H,31,34)/b15-12+. The molecular formula is C29H30N4O2S. The van der Waals surface area contributed by atoms with Gasteiger partial charge in [-0.2, -0.15) is 0 Å². The number of nitrogens with one attached hydrogen (secondary N) is 1. The van der Waals surface area contributed by atoms with Crippen LogP contribution in [0.4, 0.5) is 5.82 Å². The smallest absolute Gasteiger partial charge is 0.244 e. The minimum atomic E-state index is -0.0892. The molecule has 1 aliphatic heterocycles. The zero-order chi connectivity index (χ0) is 24.9. The second-order valence-electron chi connectivity index (χ2n) is 8.89. The van der Waals surface area contributed by atoms with Gasteiger partial charge in [-0.15, -0.1) is 11.3 Å². The number of likely N-dealkylation sites (N-methyl/N-ethyl adjacent to an activating group) is 1.